The third-order valence-electron chi connectivity index (χ3n) is 5.09. The molecule has 0 saturated carbocycles. The van der Waals surface area contributed by atoms with E-state index < -0.39 is 24.3 Å². The van der Waals surface area contributed by atoms with Crippen LogP contribution in [0.3, 0.4) is 0 Å². The highest BCUT2D eigenvalue weighted by Crippen LogP contribution is 2.30. The summed E-state index contributed by atoms with van der Waals surface area (Å²) in [6.07, 6.45) is 1.60. The number of esters is 2. The number of unbranched alkanes of at least 4 members (excludes halogenated alkanes) is 2. The number of benzene rings is 1. The van der Waals surface area contributed by atoms with E-state index in [9.17, 15) is 19.2 Å². The van der Waals surface area contributed by atoms with E-state index in [4.69, 9.17) is 28.4 Å². The molecule has 0 aliphatic rings. The molecule has 0 unspecified atom stereocenters. The Morgan fingerprint density at radius 2 is 1.45 bits per heavy atom. The highest BCUT2D eigenvalue weighted by Gasteiger charge is 2.22. The van der Waals surface area contributed by atoms with Crippen molar-refractivity contribution in [3.63, 3.8) is 0 Å². The maximum absolute atomic E-state index is 12.4. The molecule has 1 rings (SSSR count). The lowest BCUT2D eigenvalue weighted by Crippen LogP contribution is -2.41. The van der Waals surface area contributed by atoms with Crippen LogP contribution in [0.1, 0.15) is 65.4 Å². The zero-order valence-electron chi connectivity index (χ0n) is 23.0. The Bertz CT molecular complexity index is 887. The van der Waals surface area contributed by atoms with Gasteiger partial charge in [0.25, 0.3) is 0 Å². The first-order valence-corrected chi connectivity index (χ1v) is 13.0. The largest absolute Gasteiger partial charge is 0.513 e. The number of hydrogen-bond acceptors (Lipinski definition) is 11. The van der Waals surface area contributed by atoms with Crippen molar-refractivity contribution in [1.82, 2.24) is 5.32 Å². The topological polar surface area (TPSA) is 136 Å². The van der Waals surface area contributed by atoms with Crippen molar-refractivity contribution >= 4 is 24.2 Å². The summed E-state index contributed by atoms with van der Waals surface area (Å²) in [6, 6.07) is 3.74. The molecule has 1 aromatic rings. The van der Waals surface area contributed by atoms with Crippen molar-refractivity contribution < 1.29 is 47.6 Å². The van der Waals surface area contributed by atoms with Crippen LogP contribution in [0.15, 0.2) is 18.2 Å². The first kappa shape index (κ1) is 32.7. The fourth-order valence-corrected chi connectivity index (χ4v) is 3.09. The van der Waals surface area contributed by atoms with Crippen LogP contribution in [-0.2, 0) is 35.0 Å². The van der Waals surface area contributed by atoms with Crippen LogP contribution in [0.25, 0.3) is 0 Å². The van der Waals surface area contributed by atoms with Gasteiger partial charge in [-0.15, -0.1) is 0 Å². The van der Waals surface area contributed by atoms with Gasteiger partial charge in [-0.05, 0) is 42.9 Å². The lowest BCUT2D eigenvalue weighted by molar-refractivity contribution is -0.144. The van der Waals surface area contributed by atoms with Gasteiger partial charge in [0.15, 0.2) is 11.5 Å². The van der Waals surface area contributed by atoms with Crippen molar-refractivity contribution in [3.05, 3.63) is 23.8 Å². The molecule has 0 amide bonds. The number of methoxy groups -OCH3 is 1. The van der Waals surface area contributed by atoms with Crippen molar-refractivity contribution in [2.24, 2.45) is 5.92 Å². The Balaban J connectivity index is 2.95. The molecule has 0 heterocycles. The molecule has 0 aliphatic carbocycles. The smallest absolute Gasteiger partial charge is 0.468 e. The van der Waals surface area contributed by atoms with E-state index in [0.717, 1.165) is 12.8 Å². The zero-order valence-corrected chi connectivity index (χ0v) is 23.0. The molecule has 0 fully saturated rings. The molecular formula is C27H41NO10. The van der Waals surface area contributed by atoms with E-state index in [1.54, 1.807) is 6.07 Å². The first-order chi connectivity index (χ1) is 18.2. The van der Waals surface area contributed by atoms with E-state index >= 15 is 0 Å². The molecule has 0 saturated heterocycles. The van der Waals surface area contributed by atoms with Crippen LogP contribution in [0.5, 0.6) is 11.5 Å². The summed E-state index contributed by atoms with van der Waals surface area (Å²) >= 11 is 0. The van der Waals surface area contributed by atoms with E-state index in [1.165, 1.54) is 19.2 Å². The minimum Gasteiger partial charge on any atom is -0.468 e. The monoisotopic (exact) mass is 539 g/mol. The fourth-order valence-electron chi connectivity index (χ4n) is 3.09. The Kier molecular flexibility index (Phi) is 16.2. The average molecular weight is 540 g/mol. The van der Waals surface area contributed by atoms with Crippen molar-refractivity contribution in [2.75, 3.05) is 33.5 Å². The molecule has 1 N–H and O–H groups in total. The number of ether oxygens (including phenoxy) is 6. The predicted molar refractivity (Wildman–Crippen MR) is 138 cm³/mol. The summed E-state index contributed by atoms with van der Waals surface area (Å²) in [4.78, 5) is 48.3. The standard InChI is InChI=1S/C27H41NO10/c1-6-8-13-35-26(31)37-22-11-10-20(18-23(22)38-27(32)36-14-9-7-2)17-21(25(30)33-5)28-12-15-34-24(29)16-19(3)4/h10-11,18-19,21,28H,6-9,12-17H2,1-5H3/t21-/m0/s1. The van der Waals surface area contributed by atoms with Crippen LogP contribution < -0.4 is 14.8 Å². The van der Waals surface area contributed by atoms with E-state index in [1.807, 2.05) is 27.7 Å². The fraction of sp³-hybridized carbons (Fsp3) is 0.630. The molecule has 0 bridgehead atoms. The van der Waals surface area contributed by atoms with Crippen LogP contribution in [-0.4, -0.2) is 63.8 Å². The van der Waals surface area contributed by atoms with Gasteiger partial charge >= 0.3 is 24.2 Å². The minimum absolute atomic E-state index is 0.0395. The van der Waals surface area contributed by atoms with Gasteiger partial charge in [0.2, 0.25) is 0 Å². The van der Waals surface area contributed by atoms with Gasteiger partial charge in [0.1, 0.15) is 12.6 Å². The van der Waals surface area contributed by atoms with Gasteiger partial charge in [-0.3, -0.25) is 9.59 Å². The second kappa shape index (κ2) is 18.8. The highest BCUT2D eigenvalue weighted by molar-refractivity contribution is 5.76. The van der Waals surface area contributed by atoms with Crippen LogP contribution in [0.2, 0.25) is 0 Å². The number of carbonyl (C=O) groups excluding carboxylic acids is 4. The second-order valence-corrected chi connectivity index (χ2v) is 8.94. The molecule has 1 atom stereocenters. The average Bonchev–Trinajstić information content (AvgIpc) is 2.86. The van der Waals surface area contributed by atoms with Crippen LogP contribution in [0, 0.1) is 5.92 Å². The molecule has 0 aromatic heterocycles. The summed E-state index contributed by atoms with van der Waals surface area (Å²) in [5.74, 6) is -0.763. The maximum atomic E-state index is 12.4. The van der Waals surface area contributed by atoms with Crippen LogP contribution in [0.4, 0.5) is 9.59 Å². The SMILES string of the molecule is CCCCOC(=O)Oc1ccc(C[C@H](NCCOC(=O)CC(C)C)C(=O)OC)cc1OC(=O)OCCCC. The van der Waals surface area contributed by atoms with E-state index in [-0.39, 0.29) is 56.2 Å². The number of nitrogens with one attached hydrogen (secondary N) is 1. The number of hydrogen-bond donors (Lipinski definition) is 1. The zero-order chi connectivity index (χ0) is 28.3. The number of carbonyl (C=O) groups is 4. The Morgan fingerprint density at radius 1 is 0.842 bits per heavy atom. The summed E-state index contributed by atoms with van der Waals surface area (Å²) < 4.78 is 30.7. The lowest BCUT2D eigenvalue weighted by atomic mass is 10.1. The summed E-state index contributed by atoms with van der Waals surface area (Å²) in [5, 5.41) is 3.01. The predicted octanol–water partition coefficient (Wildman–Crippen LogP) is 4.58. The highest BCUT2D eigenvalue weighted by atomic mass is 16.7. The van der Waals surface area contributed by atoms with Gasteiger partial charge in [0, 0.05) is 13.0 Å². The summed E-state index contributed by atoms with van der Waals surface area (Å²) in [5.41, 5.74) is 0.577. The Labute approximate surface area is 224 Å². The molecule has 1 aromatic carbocycles. The van der Waals surface area contributed by atoms with Gasteiger partial charge in [0.05, 0.1) is 20.3 Å². The van der Waals surface area contributed by atoms with Gasteiger partial charge < -0.3 is 33.7 Å². The summed E-state index contributed by atoms with van der Waals surface area (Å²) in [6.45, 7) is 8.44. The van der Waals surface area contributed by atoms with Gasteiger partial charge in [-0.2, -0.15) is 0 Å². The quantitative estimate of drug-likeness (QED) is 0.129. The summed E-state index contributed by atoms with van der Waals surface area (Å²) in [7, 11) is 1.27. The van der Waals surface area contributed by atoms with Gasteiger partial charge in [-0.25, -0.2) is 9.59 Å². The molecule has 0 aliphatic heterocycles. The maximum Gasteiger partial charge on any atom is 0.513 e. The first-order valence-electron chi connectivity index (χ1n) is 13.0. The van der Waals surface area contributed by atoms with Gasteiger partial charge in [-0.1, -0.05) is 46.6 Å². The van der Waals surface area contributed by atoms with E-state index in [2.05, 4.69) is 5.32 Å². The molecule has 11 heteroatoms. The Hall–Kier alpha value is -3.34. The minimum atomic E-state index is -0.953. The lowest BCUT2D eigenvalue weighted by Gasteiger charge is -2.18. The molecule has 38 heavy (non-hydrogen) atoms. The second-order valence-electron chi connectivity index (χ2n) is 8.94. The van der Waals surface area contributed by atoms with Crippen molar-refractivity contribution in [1.29, 1.82) is 0 Å². The van der Waals surface area contributed by atoms with E-state index in [0.29, 0.717) is 24.8 Å². The Morgan fingerprint density at radius 3 is 2.00 bits per heavy atom. The molecule has 214 valence electrons. The molecule has 0 radical (unpaired) electrons. The third-order valence-corrected chi connectivity index (χ3v) is 5.09. The van der Waals surface area contributed by atoms with Crippen LogP contribution >= 0.6 is 0 Å². The van der Waals surface area contributed by atoms with Crippen molar-refractivity contribution in [2.45, 2.75) is 72.3 Å². The van der Waals surface area contributed by atoms with Crippen molar-refractivity contribution in [3.8, 4) is 11.5 Å². The number of rotatable bonds is 17. The molecular weight excluding hydrogens is 498 g/mol. The normalized spacial score (nSPS) is 11.4. The molecule has 0 spiro atoms. The third kappa shape index (κ3) is 13.8. The molecule has 11 nitrogen and oxygen atoms in total.